The molecular formula is C10H18ClNO. The van der Waals surface area contributed by atoms with E-state index >= 15 is 0 Å². The van der Waals surface area contributed by atoms with E-state index in [1.54, 1.807) is 0 Å². The van der Waals surface area contributed by atoms with E-state index in [2.05, 4.69) is 6.92 Å². The fraction of sp³-hybridized carbons (Fsp3) is 0.900. The molecule has 0 aromatic carbocycles. The molecule has 13 heavy (non-hydrogen) atoms. The monoisotopic (exact) mass is 203 g/mol. The third kappa shape index (κ3) is 3.18. The summed E-state index contributed by atoms with van der Waals surface area (Å²) in [7, 11) is 1.90. The van der Waals surface area contributed by atoms with Crippen LogP contribution >= 0.6 is 11.6 Å². The molecule has 1 unspecified atom stereocenters. The molecule has 0 aromatic rings. The van der Waals surface area contributed by atoms with E-state index in [1.807, 2.05) is 11.9 Å². The highest BCUT2D eigenvalue weighted by atomic mass is 35.5. The van der Waals surface area contributed by atoms with Gasteiger partial charge in [-0.1, -0.05) is 0 Å². The zero-order valence-corrected chi connectivity index (χ0v) is 9.18. The maximum Gasteiger partial charge on any atom is 0.222 e. The van der Waals surface area contributed by atoms with Crippen molar-refractivity contribution in [3.63, 3.8) is 0 Å². The lowest BCUT2D eigenvalue weighted by atomic mass is 10.2. The minimum Gasteiger partial charge on any atom is -0.343 e. The van der Waals surface area contributed by atoms with Crippen molar-refractivity contribution in [1.82, 2.24) is 4.90 Å². The highest BCUT2D eigenvalue weighted by molar-refractivity contribution is 6.17. The maximum atomic E-state index is 11.5. The van der Waals surface area contributed by atoms with Crippen molar-refractivity contribution >= 4 is 17.5 Å². The average Bonchev–Trinajstić information content (AvgIpc) is 2.94. The molecule has 0 N–H and O–H groups in total. The van der Waals surface area contributed by atoms with Crippen LogP contribution in [0.4, 0.5) is 0 Å². The number of carbonyl (C=O) groups excluding carboxylic acids is 1. The predicted molar refractivity (Wildman–Crippen MR) is 54.9 cm³/mol. The number of halogens is 1. The smallest absolute Gasteiger partial charge is 0.222 e. The van der Waals surface area contributed by atoms with Crippen LogP contribution in [0.3, 0.4) is 0 Å². The van der Waals surface area contributed by atoms with Crippen molar-refractivity contribution in [1.29, 1.82) is 0 Å². The maximum absolute atomic E-state index is 11.5. The molecule has 0 radical (unpaired) electrons. The minimum atomic E-state index is 0.236. The Morgan fingerprint density at radius 3 is 2.69 bits per heavy atom. The number of hydrogen-bond donors (Lipinski definition) is 0. The Morgan fingerprint density at radius 2 is 2.23 bits per heavy atom. The van der Waals surface area contributed by atoms with Gasteiger partial charge in [0.1, 0.15) is 0 Å². The van der Waals surface area contributed by atoms with E-state index in [9.17, 15) is 4.79 Å². The normalized spacial score (nSPS) is 18.4. The zero-order chi connectivity index (χ0) is 9.84. The Kier molecular flexibility index (Phi) is 4.04. The summed E-state index contributed by atoms with van der Waals surface area (Å²) in [5.74, 6) is 1.57. The molecule has 0 bridgehead atoms. The second-order valence-electron chi connectivity index (χ2n) is 3.88. The van der Waals surface area contributed by atoms with Crippen LogP contribution in [0.5, 0.6) is 0 Å². The summed E-state index contributed by atoms with van der Waals surface area (Å²) in [6.07, 6.45) is 3.96. The summed E-state index contributed by atoms with van der Waals surface area (Å²) in [5.41, 5.74) is 0. The van der Waals surface area contributed by atoms with E-state index < -0.39 is 0 Å². The molecule has 1 atom stereocenters. The molecule has 1 saturated carbocycles. The Hall–Kier alpha value is -0.240. The first-order valence-corrected chi connectivity index (χ1v) is 5.52. The van der Waals surface area contributed by atoms with Crippen molar-refractivity contribution in [2.24, 2.45) is 5.92 Å². The molecular weight excluding hydrogens is 186 g/mol. The van der Waals surface area contributed by atoms with Gasteiger partial charge in [0.15, 0.2) is 0 Å². The Morgan fingerprint density at radius 1 is 1.62 bits per heavy atom. The lowest BCUT2D eigenvalue weighted by molar-refractivity contribution is -0.132. The number of hydrogen-bond acceptors (Lipinski definition) is 1. The zero-order valence-electron chi connectivity index (χ0n) is 8.42. The van der Waals surface area contributed by atoms with Crippen molar-refractivity contribution < 1.29 is 4.79 Å². The lowest BCUT2D eigenvalue weighted by Gasteiger charge is -2.24. The van der Waals surface area contributed by atoms with E-state index in [0.717, 1.165) is 12.3 Å². The third-order valence-electron chi connectivity index (χ3n) is 2.83. The van der Waals surface area contributed by atoms with Crippen LogP contribution in [0.2, 0.25) is 0 Å². The van der Waals surface area contributed by atoms with Gasteiger partial charge in [0.05, 0.1) is 0 Å². The highest BCUT2D eigenvalue weighted by Gasteiger charge is 2.31. The molecule has 1 rings (SSSR count). The van der Waals surface area contributed by atoms with Crippen LogP contribution in [-0.4, -0.2) is 29.8 Å². The van der Waals surface area contributed by atoms with Gasteiger partial charge in [0, 0.05) is 25.4 Å². The first-order valence-electron chi connectivity index (χ1n) is 4.98. The van der Waals surface area contributed by atoms with E-state index in [1.165, 1.54) is 12.8 Å². The largest absolute Gasteiger partial charge is 0.343 e. The second kappa shape index (κ2) is 4.85. The highest BCUT2D eigenvalue weighted by Crippen LogP contribution is 2.34. The first-order chi connectivity index (χ1) is 6.16. The summed E-state index contributed by atoms with van der Waals surface area (Å²) in [5, 5.41) is 0. The standard InChI is InChI=1S/C10H18ClNO/c1-8(9-5-6-9)12(2)10(13)4-3-7-11/h8-9H,3-7H2,1-2H3. The van der Waals surface area contributed by atoms with Crippen LogP contribution in [0.15, 0.2) is 0 Å². The van der Waals surface area contributed by atoms with Crippen molar-refractivity contribution in [3.05, 3.63) is 0 Å². The summed E-state index contributed by atoms with van der Waals surface area (Å²) >= 11 is 5.53. The lowest BCUT2D eigenvalue weighted by Crippen LogP contribution is -2.36. The number of nitrogens with zero attached hydrogens (tertiary/aromatic N) is 1. The molecule has 0 aromatic heterocycles. The number of rotatable bonds is 5. The van der Waals surface area contributed by atoms with Gasteiger partial charge < -0.3 is 4.90 Å². The summed E-state index contributed by atoms with van der Waals surface area (Å²) in [6, 6.07) is 0.419. The van der Waals surface area contributed by atoms with Gasteiger partial charge in [-0.3, -0.25) is 4.79 Å². The van der Waals surface area contributed by atoms with E-state index in [-0.39, 0.29) is 5.91 Å². The third-order valence-corrected chi connectivity index (χ3v) is 3.10. The molecule has 1 aliphatic carbocycles. The quantitative estimate of drug-likeness (QED) is 0.628. The fourth-order valence-corrected chi connectivity index (χ4v) is 1.65. The molecule has 0 saturated heterocycles. The second-order valence-corrected chi connectivity index (χ2v) is 4.25. The molecule has 1 amide bonds. The minimum absolute atomic E-state index is 0.236. The number of amides is 1. The van der Waals surface area contributed by atoms with Crippen molar-refractivity contribution in [2.45, 2.75) is 38.6 Å². The summed E-state index contributed by atoms with van der Waals surface area (Å²) < 4.78 is 0. The predicted octanol–water partition coefficient (Wildman–Crippen LogP) is 2.26. The molecule has 1 fully saturated rings. The average molecular weight is 204 g/mol. The fourth-order valence-electron chi connectivity index (χ4n) is 1.52. The summed E-state index contributed by atoms with van der Waals surface area (Å²) in [4.78, 5) is 13.4. The van der Waals surface area contributed by atoms with Gasteiger partial charge in [-0.25, -0.2) is 0 Å². The van der Waals surface area contributed by atoms with Crippen LogP contribution in [0.1, 0.15) is 32.6 Å². The topological polar surface area (TPSA) is 20.3 Å². The van der Waals surface area contributed by atoms with Gasteiger partial charge in [-0.2, -0.15) is 0 Å². The van der Waals surface area contributed by atoms with Gasteiger partial charge in [0.25, 0.3) is 0 Å². The molecule has 76 valence electrons. The van der Waals surface area contributed by atoms with Gasteiger partial charge in [-0.05, 0) is 32.1 Å². The number of alkyl halides is 1. The van der Waals surface area contributed by atoms with Gasteiger partial charge in [0.2, 0.25) is 5.91 Å². The molecule has 0 heterocycles. The molecule has 0 aliphatic heterocycles. The first kappa shape index (κ1) is 10.8. The molecule has 3 heteroatoms. The van der Waals surface area contributed by atoms with Crippen molar-refractivity contribution in [2.75, 3.05) is 12.9 Å². The molecule has 2 nitrogen and oxygen atoms in total. The van der Waals surface area contributed by atoms with Crippen molar-refractivity contribution in [3.8, 4) is 0 Å². The molecule has 1 aliphatic rings. The van der Waals surface area contributed by atoms with Crippen LogP contribution in [-0.2, 0) is 4.79 Å². The van der Waals surface area contributed by atoms with E-state index in [4.69, 9.17) is 11.6 Å². The van der Waals surface area contributed by atoms with Crippen LogP contribution < -0.4 is 0 Å². The van der Waals surface area contributed by atoms with Gasteiger partial charge in [-0.15, -0.1) is 11.6 Å². The van der Waals surface area contributed by atoms with Crippen LogP contribution in [0, 0.1) is 5.92 Å². The summed E-state index contributed by atoms with van der Waals surface area (Å²) in [6.45, 7) is 2.14. The number of carbonyl (C=O) groups is 1. The van der Waals surface area contributed by atoms with E-state index in [0.29, 0.717) is 18.3 Å². The van der Waals surface area contributed by atoms with Gasteiger partial charge >= 0.3 is 0 Å². The Balaban J connectivity index is 2.27. The Bertz CT molecular complexity index is 180. The SMILES string of the molecule is CC(C1CC1)N(C)C(=O)CCCCl. The Labute approximate surface area is 85.2 Å². The van der Waals surface area contributed by atoms with Crippen LogP contribution in [0.25, 0.3) is 0 Å². The molecule has 0 spiro atoms.